The van der Waals surface area contributed by atoms with Gasteiger partial charge in [-0.3, -0.25) is 10.1 Å². The van der Waals surface area contributed by atoms with Crippen molar-refractivity contribution in [3.63, 3.8) is 0 Å². The van der Waals surface area contributed by atoms with Crippen LogP contribution in [-0.4, -0.2) is 19.5 Å². The van der Waals surface area contributed by atoms with Crippen molar-refractivity contribution in [3.05, 3.63) is 107 Å². The fourth-order valence-electron chi connectivity index (χ4n) is 3.18. The normalized spacial score (nSPS) is 12.0. The van der Waals surface area contributed by atoms with E-state index >= 15 is 0 Å². The SMILES string of the molecule is O=[N+]([O-])c1ccc([C@H](c2c[nH]cc2-c2ccccc2)n2ccnc2)cc1. The summed E-state index contributed by atoms with van der Waals surface area (Å²) in [6.07, 6.45) is 9.32. The highest BCUT2D eigenvalue weighted by Gasteiger charge is 2.21. The topological polar surface area (TPSA) is 76.8 Å². The van der Waals surface area contributed by atoms with Gasteiger partial charge in [0, 0.05) is 48.0 Å². The molecule has 26 heavy (non-hydrogen) atoms. The van der Waals surface area contributed by atoms with Gasteiger partial charge in [-0.15, -0.1) is 0 Å². The summed E-state index contributed by atoms with van der Waals surface area (Å²) in [7, 11) is 0. The van der Waals surface area contributed by atoms with Crippen LogP contribution in [0.5, 0.6) is 0 Å². The van der Waals surface area contributed by atoms with Crippen molar-refractivity contribution in [3.8, 4) is 11.1 Å². The quantitative estimate of drug-likeness (QED) is 0.430. The van der Waals surface area contributed by atoms with Gasteiger partial charge in [0.15, 0.2) is 0 Å². The van der Waals surface area contributed by atoms with Crippen LogP contribution in [0, 0.1) is 10.1 Å². The monoisotopic (exact) mass is 344 g/mol. The number of benzene rings is 2. The molecule has 1 atom stereocenters. The van der Waals surface area contributed by atoms with E-state index in [1.54, 1.807) is 24.7 Å². The third-order valence-electron chi connectivity index (χ3n) is 4.40. The maximum Gasteiger partial charge on any atom is 0.269 e. The molecule has 6 nitrogen and oxygen atoms in total. The number of H-pyrrole nitrogens is 1. The van der Waals surface area contributed by atoms with Crippen LogP contribution in [0.25, 0.3) is 11.1 Å². The van der Waals surface area contributed by atoms with Crippen molar-refractivity contribution in [1.82, 2.24) is 14.5 Å². The average Bonchev–Trinajstić information content (AvgIpc) is 3.36. The first kappa shape index (κ1) is 15.8. The van der Waals surface area contributed by atoms with Gasteiger partial charge in [0.2, 0.25) is 0 Å². The maximum absolute atomic E-state index is 11.0. The number of non-ortho nitro benzene ring substituents is 1. The molecule has 0 saturated heterocycles. The lowest BCUT2D eigenvalue weighted by Crippen LogP contribution is -2.11. The summed E-state index contributed by atoms with van der Waals surface area (Å²) in [5, 5.41) is 11.0. The number of hydrogen-bond donors (Lipinski definition) is 1. The number of nitro benzene ring substituents is 1. The number of nitrogens with zero attached hydrogens (tertiary/aromatic N) is 3. The van der Waals surface area contributed by atoms with E-state index in [0.29, 0.717) is 0 Å². The zero-order chi connectivity index (χ0) is 17.9. The summed E-state index contributed by atoms with van der Waals surface area (Å²) >= 11 is 0. The van der Waals surface area contributed by atoms with Gasteiger partial charge in [-0.2, -0.15) is 0 Å². The number of nitrogens with one attached hydrogen (secondary N) is 1. The molecular weight excluding hydrogens is 328 g/mol. The molecule has 0 aliphatic rings. The van der Waals surface area contributed by atoms with Crippen LogP contribution in [-0.2, 0) is 0 Å². The smallest absolute Gasteiger partial charge is 0.269 e. The molecule has 4 rings (SSSR count). The molecular formula is C20H16N4O2. The molecule has 1 N–H and O–H groups in total. The predicted molar refractivity (Wildman–Crippen MR) is 98.8 cm³/mol. The number of aromatic amines is 1. The first-order chi connectivity index (χ1) is 12.7. The molecule has 128 valence electrons. The second-order valence-electron chi connectivity index (χ2n) is 5.95. The van der Waals surface area contributed by atoms with Gasteiger partial charge in [-0.1, -0.05) is 30.3 Å². The van der Waals surface area contributed by atoms with E-state index in [-0.39, 0.29) is 16.7 Å². The molecule has 0 bridgehead atoms. The Morgan fingerprint density at radius 1 is 1.04 bits per heavy atom. The van der Waals surface area contributed by atoms with E-state index in [0.717, 1.165) is 22.3 Å². The molecule has 0 amide bonds. The first-order valence-corrected chi connectivity index (χ1v) is 8.18. The van der Waals surface area contributed by atoms with Gasteiger partial charge in [-0.05, 0) is 23.3 Å². The summed E-state index contributed by atoms with van der Waals surface area (Å²) < 4.78 is 2.00. The average molecular weight is 344 g/mol. The van der Waals surface area contributed by atoms with Gasteiger partial charge in [0.1, 0.15) is 0 Å². The summed E-state index contributed by atoms with van der Waals surface area (Å²) in [6, 6.07) is 16.6. The zero-order valence-electron chi connectivity index (χ0n) is 13.8. The Bertz CT molecular complexity index is 1010. The minimum Gasteiger partial charge on any atom is -0.367 e. The van der Waals surface area contributed by atoms with Crippen LogP contribution in [0.4, 0.5) is 5.69 Å². The Morgan fingerprint density at radius 3 is 2.46 bits per heavy atom. The van der Waals surface area contributed by atoms with E-state index in [1.807, 2.05) is 41.4 Å². The van der Waals surface area contributed by atoms with Gasteiger partial charge < -0.3 is 9.55 Å². The Balaban J connectivity index is 1.84. The fraction of sp³-hybridized carbons (Fsp3) is 0.0500. The van der Waals surface area contributed by atoms with E-state index in [1.165, 1.54) is 12.1 Å². The van der Waals surface area contributed by atoms with Crippen LogP contribution < -0.4 is 0 Å². The van der Waals surface area contributed by atoms with Gasteiger partial charge >= 0.3 is 0 Å². The Labute approximate surface area is 149 Å². The standard InChI is InChI=1S/C20H16N4O2/c25-24(26)17-8-6-16(7-9-17)20(23-11-10-21-14-23)19-13-22-12-18(19)15-4-2-1-3-5-15/h1-14,20,22H/t20-/m1/s1. The van der Waals surface area contributed by atoms with E-state index in [4.69, 9.17) is 0 Å². The van der Waals surface area contributed by atoms with Crippen LogP contribution in [0.2, 0.25) is 0 Å². The summed E-state index contributed by atoms with van der Waals surface area (Å²) in [5.41, 5.74) is 4.29. The van der Waals surface area contributed by atoms with Crippen molar-refractivity contribution < 1.29 is 4.92 Å². The minimum atomic E-state index is -0.387. The Morgan fingerprint density at radius 2 is 1.81 bits per heavy atom. The lowest BCUT2D eigenvalue weighted by molar-refractivity contribution is -0.384. The molecule has 2 heterocycles. The predicted octanol–water partition coefficient (Wildman–Crippen LogP) is 4.42. The lowest BCUT2D eigenvalue weighted by atomic mass is 9.94. The van der Waals surface area contributed by atoms with E-state index in [2.05, 4.69) is 22.1 Å². The lowest BCUT2D eigenvalue weighted by Gasteiger charge is -2.20. The molecule has 0 spiro atoms. The molecule has 0 unspecified atom stereocenters. The molecule has 2 aromatic heterocycles. The summed E-state index contributed by atoms with van der Waals surface area (Å²) in [4.78, 5) is 17.9. The van der Waals surface area contributed by atoms with Crippen molar-refractivity contribution in [1.29, 1.82) is 0 Å². The van der Waals surface area contributed by atoms with Gasteiger partial charge in [0.25, 0.3) is 5.69 Å². The van der Waals surface area contributed by atoms with Crippen molar-refractivity contribution >= 4 is 5.69 Å². The minimum absolute atomic E-state index is 0.0792. The van der Waals surface area contributed by atoms with Gasteiger partial charge in [0.05, 0.1) is 17.3 Å². The third kappa shape index (κ3) is 2.88. The molecule has 0 radical (unpaired) electrons. The van der Waals surface area contributed by atoms with Crippen molar-refractivity contribution in [2.24, 2.45) is 0 Å². The largest absolute Gasteiger partial charge is 0.367 e. The van der Waals surface area contributed by atoms with E-state index in [9.17, 15) is 10.1 Å². The molecule has 0 aliphatic heterocycles. The number of nitro groups is 1. The molecule has 6 heteroatoms. The molecule has 0 saturated carbocycles. The number of hydrogen-bond acceptors (Lipinski definition) is 3. The van der Waals surface area contributed by atoms with Crippen molar-refractivity contribution in [2.45, 2.75) is 6.04 Å². The fourth-order valence-corrected chi connectivity index (χ4v) is 3.18. The molecule has 4 aromatic rings. The second kappa shape index (κ2) is 6.68. The van der Waals surface area contributed by atoms with Crippen LogP contribution >= 0.6 is 0 Å². The Kier molecular flexibility index (Phi) is 4.07. The van der Waals surface area contributed by atoms with Crippen molar-refractivity contribution in [2.75, 3.05) is 0 Å². The molecule has 0 aliphatic carbocycles. The van der Waals surface area contributed by atoms with Gasteiger partial charge in [-0.25, -0.2) is 4.98 Å². The Hall–Kier alpha value is -3.67. The second-order valence-corrected chi connectivity index (χ2v) is 5.95. The van der Waals surface area contributed by atoms with E-state index < -0.39 is 0 Å². The first-order valence-electron chi connectivity index (χ1n) is 8.18. The molecule has 2 aromatic carbocycles. The maximum atomic E-state index is 11.0. The zero-order valence-corrected chi connectivity index (χ0v) is 13.8. The van der Waals surface area contributed by atoms with Crippen LogP contribution in [0.1, 0.15) is 17.2 Å². The van der Waals surface area contributed by atoms with Crippen LogP contribution in [0.3, 0.4) is 0 Å². The highest BCUT2D eigenvalue weighted by molar-refractivity contribution is 5.68. The summed E-state index contributed by atoms with van der Waals surface area (Å²) in [6.45, 7) is 0. The number of rotatable bonds is 5. The molecule has 0 fully saturated rings. The number of aromatic nitrogens is 3. The summed E-state index contributed by atoms with van der Waals surface area (Å²) in [5.74, 6) is 0. The highest BCUT2D eigenvalue weighted by Crippen LogP contribution is 2.35. The number of imidazole rings is 1. The van der Waals surface area contributed by atoms with Crippen LogP contribution in [0.15, 0.2) is 85.7 Å². The third-order valence-corrected chi connectivity index (χ3v) is 4.40. The highest BCUT2D eigenvalue weighted by atomic mass is 16.6.